The Morgan fingerprint density at radius 1 is 0.455 bits per heavy atom. The zero-order valence-electron chi connectivity index (χ0n) is 47.1. The summed E-state index contributed by atoms with van der Waals surface area (Å²) >= 11 is 23.0. The highest BCUT2D eigenvalue weighted by molar-refractivity contribution is 7.80. The van der Waals surface area contributed by atoms with E-state index in [1.54, 1.807) is 66.7 Å². The van der Waals surface area contributed by atoms with Crippen LogP contribution in [0.3, 0.4) is 0 Å². The number of halogens is 6. The second-order valence-corrected chi connectivity index (χ2v) is 20.9. The van der Waals surface area contributed by atoms with Crippen molar-refractivity contribution in [2.75, 3.05) is 16.0 Å². The molecule has 0 spiro atoms. The Kier molecular flexibility index (Phi) is 24.4. The normalized spacial score (nSPS) is 10.3. The molecule has 0 atom stereocenters. The number of nitrogens with two attached hydrogens (primary N) is 3. The van der Waals surface area contributed by atoms with E-state index in [4.69, 9.17) is 83.9 Å². The number of rotatable bonds is 17. The summed E-state index contributed by atoms with van der Waals surface area (Å²) in [5, 5.41) is 27.2. The fourth-order valence-corrected chi connectivity index (χ4v) is 8.80. The summed E-state index contributed by atoms with van der Waals surface area (Å²) in [5.41, 5.74) is 23.9. The first-order valence-corrected chi connectivity index (χ1v) is 27.8. The predicted octanol–water partition coefficient (Wildman–Crippen LogP) is 14.7. The number of esters is 2. The predicted molar refractivity (Wildman–Crippen MR) is 342 cm³/mol. The molecule has 9 rings (SSSR count). The number of aromatic hydroxyl groups is 1. The van der Waals surface area contributed by atoms with Crippen LogP contribution in [-0.4, -0.2) is 44.9 Å². The van der Waals surface area contributed by atoms with Crippen LogP contribution in [0.1, 0.15) is 59.7 Å². The van der Waals surface area contributed by atoms with Gasteiger partial charge in [0.25, 0.3) is 0 Å². The number of hydrogen-bond acceptors (Lipinski definition) is 12. The number of ether oxygens (including phenoxy) is 2. The van der Waals surface area contributed by atoms with E-state index in [0.717, 1.165) is 16.7 Å². The summed E-state index contributed by atoms with van der Waals surface area (Å²) in [5.74, 6) is -3.63. The molecule has 88 heavy (non-hydrogen) atoms. The highest BCUT2D eigenvalue weighted by atomic mass is 35.5. The van der Waals surface area contributed by atoms with Gasteiger partial charge in [0.15, 0.2) is 0 Å². The molecule has 0 unspecified atom stereocenters. The summed E-state index contributed by atoms with van der Waals surface area (Å²) < 4.78 is 52.7. The average Bonchev–Trinajstić information content (AvgIpc) is 2.86. The average molecular weight is 1270 g/mol. The third-order valence-corrected chi connectivity index (χ3v) is 13.5. The maximum atomic E-state index is 14.1. The number of anilines is 6. The number of thiocarbonyl (C=S) groups is 1. The second-order valence-electron chi connectivity index (χ2n) is 19.2. The molecule has 0 heterocycles. The van der Waals surface area contributed by atoms with Crippen LogP contribution in [0.15, 0.2) is 182 Å². The standard InChI is InChI=1S/C22H18ClFN2O3.C22H18ClFN2O2S.C15H13ClFNO2.C7H7NO2/c1-13-5-10-19(26-21-17(23)3-2-4-18(21)24)15(11-13)12-20(27)29-16-8-6-14(7-9-16)22(25)28;1-13-5-10-19(26-21-17(23)3-2-4-18(21)24)15(11-13)12-20(27)28-16-8-6-14(7-9-16)22(25)29;1-9-5-6-13(10(7-9)8-14(19)20)18-15-11(16)3-2-4-12(15)17;8-7(10)5-1-3-6(9)4-2-5/h2-11,26H,12H2,1H3,(H2,25,28);2-11,26H,12H2,1H3,(H2,25,29);2-7,18H,8H2,1H3,(H,19,20);1-4,9H,(H2,8,10). The van der Waals surface area contributed by atoms with E-state index in [9.17, 15) is 37.1 Å². The SMILES string of the molecule is Cc1ccc(Nc2c(F)cccc2Cl)c(CC(=O)O)c1.Cc1ccc(Nc2c(F)cccc2Cl)c(CC(=O)Oc2ccc(C(N)=O)cc2)c1.Cc1ccc(Nc2c(F)cccc2Cl)c(CC(=O)Oc2ccc(C(N)=S)cc2)c1.NC(=O)c1ccc(O)cc1. The lowest BCUT2D eigenvalue weighted by atomic mass is 10.1. The molecule has 2 amide bonds. The van der Waals surface area contributed by atoms with Crippen LogP contribution in [0, 0.1) is 38.2 Å². The number of amides is 2. The van der Waals surface area contributed by atoms with Gasteiger partial charge in [0, 0.05) is 33.8 Å². The van der Waals surface area contributed by atoms with E-state index in [1.165, 1.54) is 84.9 Å². The van der Waals surface area contributed by atoms with Gasteiger partial charge in [-0.3, -0.25) is 24.0 Å². The van der Waals surface area contributed by atoms with Gasteiger partial charge < -0.3 is 52.8 Å². The fourth-order valence-electron chi connectivity index (χ4n) is 8.04. The van der Waals surface area contributed by atoms with Crippen molar-refractivity contribution in [1.82, 2.24) is 0 Å². The fraction of sp³-hybridized carbons (Fsp3) is 0.0909. The van der Waals surface area contributed by atoms with Crippen LogP contribution in [0.5, 0.6) is 17.2 Å². The second kappa shape index (κ2) is 32.0. The summed E-state index contributed by atoms with van der Waals surface area (Å²) in [6.45, 7) is 5.66. The van der Waals surface area contributed by atoms with E-state index >= 15 is 0 Å². The van der Waals surface area contributed by atoms with E-state index in [0.29, 0.717) is 61.9 Å². The van der Waals surface area contributed by atoms with Gasteiger partial charge in [-0.25, -0.2) is 13.2 Å². The molecule has 0 aliphatic carbocycles. The topological polar surface area (TPSA) is 258 Å². The van der Waals surface area contributed by atoms with Gasteiger partial charge in [0.1, 0.15) is 39.7 Å². The zero-order valence-corrected chi connectivity index (χ0v) is 50.2. The van der Waals surface area contributed by atoms with Crippen LogP contribution < -0.4 is 42.6 Å². The number of aryl methyl sites for hydroxylation is 3. The highest BCUT2D eigenvalue weighted by Crippen LogP contribution is 2.34. The van der Waals surface area contributed by atoms with Crippen LogP contribution in [-0.2, 0) is 33.6 Å². The minimum absolute atomic E-state index is 0.00681. The van der Waals surface area contributed by atoms with Crippen molar-refractivity contribution in [3.8, 4) is 17.2 Å². The number of hydrogen-bond donors (Lipinski definition) is 8. The number of carboxylic acids is 1. The van der Waals surface area contributed by atoms with Gasteiger partial charge in [-0.2, -0.15) is 0 Å². The first-order chi connectivity index (χ1) is 41.8. The number of phenols is 1. The van der Waals surface area contributed by atoms with Gasteiger partial charge in [-0.15, -0.1) is 0 Å². The quantitative estimate of drug-likeness (QED) is 0.0240. The minimum atomic E-state index is -0.946. The molecule has 15 nitrogen and oxygen atoms in total. The molecule has 22 heteroatoms. The lowest BCUT2D eigenvalue weighted by Gasteiger charge is -2.14. The van der Waals surface area contributed by atoms with Crippen molar-refractivity contribution in [2.45, 2.75) is 40.0 Å². The number of benzene rings is 9. The molecule has 9 aromatic rings. The lowest BCUT2D eigenvalue weighted by Crippen LogP contribution is -2.13. The Hall–Kier alpha value is -9.92. The number of nitrogens with one attached hydrogen (secondary N) is 3. The Morgan fingerprint density at radius 2 is 0.761 bits per heavy atom. The molecule has 0 aliphatic rings. The molecular weight excluding hydrogens is 1220 g/mol. The van der Waals surface area contributed by atoms with Crippen molar-refractivity contribution in [3.63, 3.8) is 0 Å². The van der Waals surface area contributed by atoms with Crippen molar-refractivity contribution in [2.24, 2.45) is 17.2 Å². The van der Waals surface area contributed by atoms with Gasteiger partial charge in [-0.05, 0) is 165 Å². The number of carbonyl (C=O) groups excluding carboxylic acids is 4. The summed E-state index contributed by atoms with van der Waals surface area (Å²) in [4.78, 5) is 57.6. The smallest absolute Gasteiger partial charge is 0.315 e. The van der Waals surface area contributed by atoms with Crippen molar-refractivity contribution in [1.29, 1.82) is 0 Å². The molecule has 0 saturated heterocycles. The van der Waals surface area contributed by atoms with Crippen molar-refractivity contribution >= 4 is 116 Å². The number of primary amides is 2. The van der Waals surface area contributed by atoms with Gasteiger partial charge in [0.05, 0.1) is 51.4 Å². The minimum Gasteiger partial charge on any atom is -0.508 e. The number of carbonyl (C=O) groups is 5. The molecular formula is C66H56Cl3F3N6O9S. The van der Waals surface area contributed by atoms with E-state index < -0.39 is 47.2 Å². The lowest BCUT2D eigenvalue weighted by molar-refractivity contribution is -0.136. The molecule has 0 aliphatic heterocycles. The van der Waals surface area contributed by atoms with Crippen LogP contribution >= 0.6 is 47.0 Å². The Balaban J connectivity index is 0.000000198. The third kappa shape index (κ3) is 20.4. The van der Waals surface area contributed by atoms with Gasteiger partial charge in [0.2, 0.25) is 11.8 Å². The largest absolute Gasteiger partial charge is 0.508 e. The molecule has 0 bridgehead atoms. The number of aliphatic carboxylic acids is 1. The maximum Gasteiger partial charge on any atom is 0.315 e. The molecule has 0 fully saturated rings. The van der Waals surface area contributed by atoms with E-state index in [-0.39, 0.29) is 62.1 Å². The number of phenolic OH excluding ortho intramolecular Hbond substituents is 1. The van der Waals surface area contributed by atoms with Crippen LogP contribution in [0.2, 0.25) is 15.1 Å². The van der Waals surface area contributed by atoms with Crippen molar-refractivity contribution < 1.29 is 56.8 Å². The Bertz CT molecular complexity index is 3780. The van der Waals surface area contributed by atoms with Gasteiger partial charge in [-0.1, -0.05) is 118 Å². The number of para-hydroxylation sites is 3. The molecule has 0 radical (unpaired) electrons. The van der Waals surface area contributed by atoms with Crippen LogP contribution in [0.25, 0.3) is 0 Å². The zero-order chi connectivity index (χ0) is 64.2. The first kappa shape index (κ1) is 67.2. The van der Waals surface area contributed by atoms with Gasteiger partial charge >= 0.3 is 17.9 Å². The monoisotopic (exact) mass is 1270 g/mol. The number of carboxylic acid groups (broad SMARTS) is 1. The maximum absolute atomic E-state index is 14.1. The molecule has 9 aromatic carbocycles. The Labute approximate surface area is 524 Å². The molecule has 0 aromatic heterocycles. The summed E-state index contributed by atoms with van der Waals surface area (Å²) in [7, 11) is 0. The molecule has 452 valence electrons. The highest BCUT2D eigenvalue weighted by Gasteiger charge is 2.18. The van der Waals surface area contributed by atoms with Crippen LogP contribution in [0.4, 0.5) is 47.3 Å². The third-order valence-electron chi connectivity index (χ3n) is 12.4. The van der Waals surface area contributed by atoms with Crippen molar-refractivity contribution in [3.05, 3.63) is 265 Å². The van der Waals surface area contributed by atoms with E-state index in [2.05, 4.69) is 16.0 Å². The molecule has 11 N–H and O–H groups in total. The first-order valence-electron chi connectivity index (χ1n) is 26.3. The molecule has 0 saturated carbocycles. The van der Waals surface area contributed by atoms with E-state index in [1.807, 2.05) is 51.1 Å². The summed E-state index contributed by atoms with van der Waals surface area (Å²) in [6, 6.07) is 47.7. The Morgan fingerprint density at radius 3 is 1.06 bits per heavy atom. The summed E-state index contributed by atoms with van der Waals surface area (Å²) in [6.07, 6.45) is -0.198.